The first-order valence-electron chi connectivity index (χ1n) is 7.01. The number of amides is 1. The molecule has 21 heavy (non-hydrogen) atoms. The average molecular weight is 285 g/mol. The van der Waals surface area contributed by atoms with Crippen molar-refractivity contribution in [1.29, 1.82) is 0 Å². The maximum atomic E-state index is 13.5. The molecule has 0 unspecified atom stereocenters. The van der Waals surface area contributed by atoms with Gasteiger partial charge in [0.15, 0.2) is 0 Å². The first-order valence-corrected chi connectivity index (χ1v) is 7.01. The summed E-state index contributed by atoms with van der Waals surface area (Å²) in [7, 11) is 0. The van der Waals surface area contributed by atoms with Crippen LogP contribution in [0.4, 0.5) is 4.39 Å². The van der Waals surface area contributed by atoms with E-state index in [0.29, 0.717) is 13.0 Å². The van der Waals surface area contributed by atoms with E-state index in [2.05, 4.69) is 11.4 Å². The number of nitrogens with one attached hydrogen (secondary N) is 1. The molecule has 3 rings (SSSR count). The molecule has 0 radical (unpaired) electrons. The number of benzene rings is 2. The Morgan fingerprint density at radius 3 is 2.95 bits per heavy atom. The molecule has 1 aliphatic heterocycles. The fourth-order valence-corrected chi connectivity index (χ4v) is 2.46. The van der Waals surface area contributed by atoms with Crippen LogP contribution in [0.1, 0.15) is 21.5 Å². The van der Waals surface area contributed by atoms with E-state index in [1.165, 1.54) is 17.7 Å². The van der Waals surface area contributed by atoms with Gasteiger partial charge < -0.3 is 10.1 Å². The highest BCUT2D eigenvalue weighted by molar-refractivity contribution is 5.94. The Hall–Kier alpha value is -2.36. The number of carbonyl (C=O) groups excluding carboxylic acids is 1. The quantitative estimate of drug-likeness (QED) is 0.938. The third-order valence-corrected chi connectivity index (χ3v) is 3.57. The predicted molar refractivity (Wildman–Crippen MR) is 78.1 cm³/mol. The number of hydrogen-bond donors (Lipinski definition) is 1. The van der Waals surface area contributed by atoms with E-state index in [-0.39, 0.29) is 11.5 Å². The third kappa shape index (κ3) is 3.05. The molecule has 0 bridgehead atoms. The van der Waals surface area contributed by atoms with Crippen LogP contribution in [0, 0.1) is 5.82 Å². The maximum Gasteiger partial charge on any atom is 0.254 e. The van der Waals surface area contributed by atoms with Crippen molar-refractivity contribution in [3.05, 3.63) is 65.0 Å². The number of ether oxygens (including phenoxy) is 1. The van der Waals surface area contributed by atoms with Gasteiger partial charge in [0.2, 0.25) is 0 Å². The van der Waals surface area contributed by atoms with Crippen LogP contribution in [0.15, 0.2) is 42.5 Å². The Labute approximate surface area is 122 Å². The lowest BCUT2D eigenvalue weighted by Gasteiger charge is -2.07. The number of fused-ring (bicyclic) bond motifs is 1. The topological polar surface area (TPSA) is 38.3 Å². The van der Waals surface area contributed by atoms with Crippen LogP contribution < -0.4 is 10.1 Å². The molecule has 0 fully saturated rings. The van der Waals surface area contributed by atoms with Crippen molar-refractivity contribution in [3.63, 3.8) is 0 Å². The summed E-state index contributed by atoms with van der Waals surface area (Å²) >= 11 is 0. The van der Waals surface area contributed by atoms with Gasteiger partial charge in [0.25, 0.3) is 5.91 Å². The molecule has 0 saturated carbocycles. The van der Waals surface area contributed by atoms with Gasteiger partial charge in [-0.15, -0.1) is 0 Å². The average Bonchev–Trinajstić information content (AvgIpc) is 2.95. The van der Waals surface area contributed by atoms with Crippen molar-refractivity contribution < 1.29 is 13.9 Å². The molecule has 3 nitrogen and oxygen atoms in total. The lowest BCUT2D eigenvalue weighted by atomic mass is 10.1. The van der Waals surface area contributed by atoms with Gasteiger partial charge in [-0.3, -0.25) is 4.79 Å². The second-order valence-corrected chi connectivity index (χ2v) is 5.03. The monoisotopic (exact) mass is 285 g/mol. The zero-order chi connectivity index (χ0) is 14.7. The molecule has 2 aromatic carbocycles. The fraction of sp³-hybridized carbons (Fsp3) is 0.235. The molecule has 1 aliphatic rings. The zero-order valence-corrected chi connectivity index (χ0v) is 11.6. The normalized spacial score (nSPS) is 12.6. The minimum atomic E-state index is -0.496. The van der Waals surface area contributed by atoms with E-state index in [9.17, 15) is 9.18 Å². The third-order valence-electron chi connectivity index (χ3n) is 3.57. The van der Waals surface area contributed by atoms with Crippen LogP contribution in [0.25, 0.3) is 0 Å². The summed E-state index contributed by atoms with van der Waals surface area (Å²) in [5.41, 5.74) is 2.45. The van der Waals surface area contributed by atoms with Crippen molar-refractivity contribution in [3.8, 4) is 5.75 Å². The Morgan fingerprint density at radius 1 is 1.24 bits per heavy atom. The van der Waals surface area contributed by atoms with Gasteiger partial charge >= 0.3 is 0 Å². The summed E-state index contributed by atoms with van der Waals surface area (Å²) in [5, 5.41) is 2.75. The Bertz CT molecular complexity index is 670. The minimum absolute atomic E-state index is 0.0832. The first-order chi connectivity index (χ1) is 10.2. The summed E-state index contributed by atoms with van der Waals surface area (Å²) in [4.78, 5) is 11.9. The second-order valence-electron chi connectivity index (χ2n) is 5.03. The van der Waals surface area contributed by atoms with E-state index < -0.39 is 5.82 Å². The second kappa shape index (κ2) is 5.95. The molecule has 0 aliphatic carbocycles. The Kier molecular flexibility index (Phi) is 3.86. The highest BCUT2D eigenvalue weighted by atomic mass is 19.1. The fourth-order valence-electron chi connectivity index (χ4n) is 2.46. The number of halogens is 1. The van der Waals surface area contributed by atoms with Crippen molar-refractivity contribution in [2.75, 3.05) is 13.2 Å². The molecule has 0 atom stereocenters. The van der Waals surface area contributed by atoms with Crippen LogP contribution >= 0.6 is 0 Å². The molecular weight excluding hydrogens is 269 g/mol. The Morgan fingerprint density at radius 2 is 2.10 bits per heavy atom. The van der Waals surface area contributed by atoms with Gasteiger partial charge in [0.05, 0.1) is 12.2 Å². The van der Waals surface area contributed by atoms with Gasteiger partial charge in [0, 0.05) is 13.0 Å². The summed E-state index contributed by atoms with van der Waals surface area (Å²) in [6.07, 6.45) is 1.65. The van der Waals surface area contributed by atoms with Gasteiger partial charge in [0.1, 0.15) is 11.6 Å². The molecule has 1 amide bonds. The molecule has 0 saturated heterocycles. The minimum Gasteiger partial charge on any atom is -0.493 e. The molecule has 0 aromatic heterocycles. The highest BCUT2D eigenvalue weighted by Crippen LogP contribution is 2.25. The van der Waals surface area contributed by atoms with Crippen LogP contribution in [0.2, 0.25) is 0 Å². The number of hydrogen-bond acceptors (Lipinski definition) is 2. The Balaban J connectivity index is 1.57. The smallest absolute Gasteiger partial charge is 0.254 e. The van der Waals surface area contributed by atoms with Crippen LogP contribution in [-0.2, 0) is 12.8 Å². The summed E-state index contributed by atoms with van der Waals surface area (Å²) in [6.45, 7) is 1.22. The highest BCUT2D eigenvalue weighted by Gasteiger charge is 2.13. The zero-order valence-electron chi connectivity index (χ0n) is 11.6. The van der Waals surface area contributed by atoms with E-state index >= 15 is 0 Å². The molecule has 2 aromatic rings. The van der Waals surface area contributed by atoms with E-state index in [0.717, 1.165) is 24.3 Å². The molecule has 1 heterocycles. The lowest BCUT2D eigenvalue weighted by molar-refractivity contribution is 0.0950. The van der Waals surface area contributed by atoms with E-state index in [1.54, 1.807) is 12.1 Å². The summed E-state index contributed by atoms with van der Waals surface area (Å²) in [6, 6.07) is 12.1. The van der Waals surface area contributed by atoms with Crippen LogP contribution in [0.5, 0.6) is 5.75 Å². The van der Waals surface area contributed by atoms with Gasteiger partial charge in [-0.05, 0) is 35.7 Å². The van der Waals surface area contributed by atoms with Crippen molar-refractivity contribution >= 4 is 5.91 Å². The van der Waals surface area contributed by atoms with Gasteiger partial charge in [-0.2, -0.15) is 0 Å². The largest absolute Gasteiger partial charge is 0.493 e. The van der Waals surface area contributed by atoms with Crippen molar-refractivity contribution in [1.82, 2.24) is 5.32 Å². The maximum absolute atomic E-state index is 13.5. The number of carbonyl (C=O) groups is 1. The van der Waals surface area contributed by atoms with Gasteiger partial charge in [-0.1, -0.05) is 24.3 Å². The molecule has 0 spiro atoms. The van der Waals surface area contributed by atoms with E-state index in [4.69, 9.17) is 4.74 Å². The first kappa shape index (κ1) is 13.6. The standard InChI is InChI=1S/C17H16FNO2/c18-15-4-2-1-3-14(15)17(20)19-9-7-12-5-6-16-13(11-12)8-10-21-16/h1-6,11H,7-10H2,(H,19,20). The summed E-state index contributed by atoms with van der Waals surface area (Å²) < 4.78 is 18.9. The van der Waals surface area contributed by atoms with E-state index in [1.807, 2.05) is 12.1 Å². The predicted octanol–water partition coefficient (Wildman–Crippen LogP) is 2.73. The number of rotatable bonds is 4. The van der Waals surface area contributed by atoms with Crippen LogP contribution in [-0.4, -0.2) is 19.1 Å². The van der Waals surface area contributed by atoms with Crippen molar-refractivity contribution in [2.24, 2.45) is 0 Å². The summed E-state index contributed by atoms with van der Waals surface area (Å²) in [5.74, 6) is 0.0800. The van der Waals surface area contributed by atoms with Crippen molar-refractivity contribution in [2.45, 2.75) is 12.8 Å². The van der Waals surface area contributed by atoms with Gasteiger partial charge in [-0.25, -0.2) is 4.39 Å². The SMILES string of the molecule is O=C(NCCc1ccc2c(c1)CCO2)c1ccccc1F. The molecule has 4 heteroatoms. The lowest BCUT2D eigenvalue weighted by Crippen LogP contribution is -2.26. The molecule has 108 valence electrons. The van der Waals surface area contributed by atoms with Crippen LogP contribution in [0.3, 0.4) is 0 Å². The molecular formula is C17H16FNO2. The molecule has 1 N–H and O–H groups in total.